The number of carbonyl (C=O) groups excluding carboxylic acids is 1. The van der Waals surface area contributed by atoms with Crippen molar-refractivity contribution in [2.75, 3.05) is 29.9 Å². The number of nitrogens with zero attached hydrogens (tertiary/aromatic N) is 4. The zero-order valence-corrected chi connectivity index (χ0v) is 19.4. The second-order valence-electron chi connectivity index (χ2n) is 8.53. The van der Waals surface area contributed by atoms with Crippen LogP contribution in [0.1, 0.15) is 43.2 Å². The van der Waals surface area contributed by atoms with Gasteiger partial charge in [0, 0.05) is 38.3 Å². The number of nitrogens with one attached hydrogen (secondary N) is 2. The molecule has 2 aromatic heterocycles. The van der Waals surface area contributed by atoms with Crippen LogP contribution >= 0.6 is 0 Å². The Balaban J connectivity index is 1.42. The maximum Gasteiger partial charge on any atom is 0.243 e. The minimum atomic E-state index is -0.328. The first-order valence-corrected chi connectivity index (χ1v) is 12.0. The molecule has 3 heterocycles. The molecule has 1 aromatic carbocycles. The number of anilines is 2. The van der Waals surface area contributed by atoms with Gasteiger partial charge in [-0.25, -0.2) is 15.4 Å². The van der Waals surface area contributed by atoms with E-state index >= 15 is 0 Å². The van der Waals surface area contributed by atoms with Crippen molar-refractivity contribution in [3.05, 3.63) is 65.9 Å². The molecule has 0 spiro atoms. The third kappa shape index (κ3) is 6.51. The number of fused-ring (bicyclic) bond motifs is 1. The fraction of sp³-hybridized carbons (Fsp3) is 0.385. The molecule has 0 radical (unpaired) electrons. The minimum Gasteiger partial charge on any atom is -0.370 e. The summed E-state index contributed by atoms with van der Waals surface area (Å²) in [5, 5.41) is 12.0. The predicted octanol–water partition coefficient (Wildman–Crippen LogP) is 4.01. The van der Waals surface area contributed by atoms with Crippen molar-refractivity contribution < 1.29 is 10.0 Å². The van der Waals surface area contributed by atoms with E-state index in [0.29, 0.717) is 12.2 Å². The van der Waals surface area contributed by atoms with Gasteiger partial charge >= 0.3 is 0 Å². The van der Waals surface area contributed by atoms with Crippen molar-refractivity contribution in [3.8, 4) is 11.5 Å². The van der Waals surface area contributed by atoms with E-state index in [0.717, 1.165) is 75.5 Å². The van der Waals surface area contributed by atoms with Gasteiger partial charge in [0.15, 0.2) is 5.82 Å². The summed E-state index contributed by atoms with van der Waals surface area (Å²) in [6.07, 6.45) is 7.79. The quantitative estimate of drug-likeness (QED) is 0.239. The maximum atomic E-state index is 11.1. The number of hydrogen-bond donors (Lipinski definition) is 3. The monoisotopic (exact) mass is 460 g/mol. The van der Waals surface area contributed by atoms with Crippen LogP contribution in [0.15, 0.2) is 54.7 Å². The van der Waals surface area contributed by atoms with Crippen molar-refractivity contribution in [3.63, 3.8) is 0 Å². The fourth-order valence-electron chi connectivity index (χ4n) is 4.23. The molecule has 0 aliphatic carbocycles. The number of aromatic nitrogens is 3. The van der Waals surface area contributed by atoms with Crippen molar-refractivity contribution in [2.45, 2.75) is 44.9 Å². The van der Waals surface area contributed by atoms with E-state index in [-0.39, 0.29) is 5.91 Å². The highest BCUT2D eigenvalue weighted by atomic mass is 16.5. The summed E-state index contributed by atoms with van der Waals surface area (Å²) in [4.78, 5) is 27.5. The van der Waals surface area contributed by atoms with Gasteiger partial charge in [-0.2, -0.15) is 0 Å². The molecule has 0 unspecified atom stereocenters. The lowest BCUT2D eigenvalue weighted by Crippen LogP contribution is -2.27. The second kappa shape index (κ2) is 12.1. The zero-order chi connectivity index (χ0) is 23.6. The molecule has 0 fully saturated rings. The summed E-state index contributed by atoms with van der Waals surface area (Å²) in [7, 11) is 0. The van der Waals surface area contributed by atoms with Crippen molar-refractivity contribution in [2.24, 2.45) is 0 Å². The molecule has 8 heteroatoms. The van der Waals surface area contributed by atoms with Crippen LogP contribution in [-0.4, -0.2) is 45.7 Å². The lowest BCUT2D eigenvalue weighted by Gasteiger charge is -2.22. The largest absolute Gasteiger partial charge is 0.370 e. The SMILES string of the molecule is O=C(CCCCCCNc1cc(N2CCc3ccccc3CC2)nc(-c2ccccn2)n1)NO. The molecule has 178 valence electrons. The Morgan fingerprint density at radius 3 is 2.38 bits per heavy atom. The van der Waals surface area contributed by atoms with Gasteiger partial charge in [-0.3, -0.25) is 15.0 Å². The molecule has 0 atom stereocenters. The third-order valence-corrected chi connectivity index (χ3v) is 6.11. The lowest BCUT2D eigenvalue weighted by molar-refractivity contribution is -0.129. The number of rotatable bonds is 10. The van der Waals surface area contributed by atoms with E-state index in [1.54, 1.807) is 11.7 Å². The van der Waals surface area contributed by atoms with E-state index in [1.807, 2.05) is 24.3 Å². The standard InChI is InChI=1S/C26H32N6O2/c33-25(31-34)12-3-1-2-7-16-28-23-19-24(30-26(29-23)22-11-6-8-15-27-22)32-17-13-20-9-4-5-10-21(20)14-18-32/h4-6,8-11,15,19,34H,1-3,7,12-14,16-18H2,(H,31,33)(H,28,29,30). The Morgan fingerprint density at radius 2 is 1.68 bits per heavy atom. The molecule has 3 aromatic rings. The highest BCUT2D eigenvalue weighted by Crippen LogP contribution is 2.24. The van der Waals surface area contributed by atoms with E-state index in [9.17, 15) is 4.79 Å². The van der Waals surface area contributed by atoms with E-state index in [1.165, 1.54) is 11.1 Å². The van der Waals surface area contributed by atoms with Gasteiger partial charge in [0.1, 0.15) is 17.3 Å². The molecule has 4 rings (SSSR count). The van der Waals surface area contributed by atoms with Gasteiger partial charge in [-0.15, -0.1) is 0 Å². The summed E-state index contributed by atoms with van der Waals surface area (Å²) in [5.74, 6) is 2.01. The van der Waals surface area contributed by atoms with E-state index < -0.39 is 0 Å². The van der Waals surface area contributed by atoms with E-state index in [2.05, 4.69) is 39.5 Å². The number of benzene rings is 1. The van der Waals surface area contributed by atoms with Crippen LogP contribution in [0, 0.1) is 0 Å². The maximum absolute atomic E-state index is 11.1. The first kappa shape index (κ1) is 23.6. The van der Waals surface area contributed by atoms with Crippen LogP contribution in [0.4, 0.5) is 11.6 Å². The Labute approximate surface area is 200 Å². The molecule has 0 bridgehead atoms. The van der Waals surface area contributed by atoms with Gasteiger partial charge in [-0.1, -0.05) is 43.2 Å². The van der Waals surface area contributed by atoms with Crippen LogP contribution in [0.3, 0.4) is 0 Å². The highest BCUT2D eigenvalue weighted by Gasteiger charge is 2.17. The van der Waals surface area contributed by atoms with Crippen molar-refractivity contribution in [1.82, 2.24) is 20.4 Å². The van der Waals surface area contributed by atoms with Crippen molar-refractivity contribution >= 4 is 17.5 Å². The van der Waals surface area contributed by atoms with Crippen LogP contribution in [-0.2, 0) is 17.6 Å². The summed E-state index contributed by atoms with van der Waals surface area (Å²) >= 11 is 0. The van der Waals surface area contributed by atoms with Gasteiger partial charge in [0.05, 0.1) is 0 Å². The number of unbranched alkanes of at least 4 members (excludes halogenated alkanes) is 3. The first-order valence-electron chi connectivity index (χ1n) is 12.0. The number of amides is 1. The predicted molar refractivity (Wildman–Crippen MR) is 133 cm³/mol. The average molecular weight is 461 g/mol. The molecule has 1 aliphatic rings. The van der Waals surface area contributed by atoms with Gasteiger partial charge in [0.25, 0.3) is 0 Å². The van der Waals surface area contributed by atoms with Gasteiger partial charge < -0.3 is 10.2 Å². The lowest BCUT2D eigenvalue weighted by atomic mass is 10.0. The summed E-state index contributed by atoms with van der Waals surface area (Å²) < 4.78 is 0. The van der Waals surface area contributed by atoms with Crippen LogP contribution in [0.5, 0.6) is 0 Å². The minimum absolute atomic E-state index is 0.328. The second-order valence-corrected chi connectivity index (χ2v) is 8.53. The number of carbonyl (C=O) groups is 1. The number of pyridine rings is 1. The van der Waals surface area contributed by atoms with Gasteiger partial charge in [-0.05, 0) is 48.9 Å². The van der Waals surface area contributed by atoms with Crippen LogP contribution in [0.25, 0.3) is 11.5 Å². The molecular formula is C26H32N6O2. The summed E-state index contributed by atoms with van der Waals surface area (Å²) in [6, 6.07) is 16.5. The number of hydrogen-bond acceptors (Lipinski definition) is 7. The molecule has 1 amide bonds. The molecule has 0 saturated heterocycles. The molecule has 8 nitrogen and oxygen atoms in total. The topological polar surface area (TPSA) is 103 Å². The van der Waals surface area contributed by atoms with Crippen LogP contribution in [0.2, 0.25) is 0 Å². The summed E-state index contributed by atoms with van der Waals surface area (Å²) in [5.41, 5.74) is 5.26. The Kier molecular flexibility index (Phi) is 8.40. The molecule has 3 N–H and O–H groups in total. The Bertz CT molecular complexity index is 1050. The average Bonchev–Trinajstić information content (AvgIpc) is 3.11. The highest BCUT2D eigenvalue weighted by molar-refractivity contribution is 5.74. The van der Waals surface area contributed by atoms with E-state index in [4.69, 9.17) is 15.2 Å². The zero-order valence-electron chi connectivity index (χ0n) is 19.4. The van der Waals surface area contributed by atoms with Crippen molar-refractivity contribution in [1.29, 1.82) is 0 Å². The Morgan fingerprint density at radius 1 is 0.941 bits per heavy atom. The van der Waals surface area contributed by atoms with Crippen LogP contribution < -0.4 is 15.7 Å². The fourth-order valence-corrected chi connectivity index (χ4v) is 4.23. The summed E-state index contributed by atoms with van der Waals surface area (Å²) in [6.45, 7) is 2.61. The molecule has 1 aliphatic heterocycles. The number of hydroxylamine groups is 1. The molecule has 34 heavy (non-hydrogen) atoms. The first-order chi connectivity index (χ1) is 16.7. The third-order valence-electron chi connectivity index (χ3n) is 6.11. The Hall–Kier alpha value is -3.52. The normalized spacial score (nSPS) is 13.1. The molecule has 0 saturated carbocycles. The van der Waals surface area contributed by atoms with Gasteiger partial charge in [0.2, 0.25) is 5.91 Å². The smallest absolute Gasteiger partial charge is 0.243 e. The molecular weight excluding hydrogens is 428 g/mol.